The Hall–Kier alpha value is -3.84. The van der Waals surface area contributed by atoms with Crippen LogP contribution in [0.1, 0.15) is 25.0 Å². The van der Waals surface area contributed by atoms with E-state index >= 15 is 0 Å². The molecule has 0 aromatic heterocycles. The van der Waals surface area contributed by atoms with Crippen molar-refractivity contribution in [3.63, 3.8) is 0 Å². The fraction of sp³-hybridized carbons (Fsp3) is 0.0968. The average Bonchev–Trinajstić information content (AvgIpc) is 3.07. The number of ether oxygens (including phenoxy) is 1. The predicted octanol–water partition coefficient (Wildman–Crippen LogP) is 8.59. The Balaban J connectivity index is 1.57. The Labute approximate surface area is 187 Å². The van der Waals surface area contributed by atoms with Crippen LogP contribution >= 0.6 is 0 Å². The fourth-order valence-electron chi connectivity index (χ4n) is 5.85. The second kappa shape index (κ2) is 6.11. The molecule has 32 heavy (non-hydrogen) atoms. The van der Waals surface area contributed by atoms with Crippen molar-refractivity contribution in [2.45, 2.75) is 19.3 Å². The monoisotopic (exact) mass is 410 g/mol. The number of para-hydroxylation sites is 1. The molecule has 1 aliphatic carbocycles. The van der Waals surface area contributed by atoms with Gasteiger partial charge < -0.3 is 4.74 Å². The van der Waals surface area contributed by atoms with E-state index in [9.17, 15) is 0 Å². The first-order chi connectivity index (χ1) is 15.6. The molecule has 2 aliphatic rings. The van der Waals surface area contributed by atoms with E-state index in [1.165, 1.54) is 44.2 Å². The van der Waals surface area contributed by atoms with Gasteiger partial charge >= 0.3 is 0 Å². The van der Waals surface area contributed by atoms with Gasteiger partial charge in [-0.15, -0.1) is 0 Å². The zero-order chi connectivity index (χ0) is 21.4. The third kappa shape index (κ3) is 2.18. The molecule has 0 unspecified atom stereocenters. The van der Waals surface area contributed by atoms with Crippen LogP contribution in [0.3, 0.4) is 0 Å². The summed E-state index contributed by atoms with van der Waals surface area (Å²) >= 11 is 0. The van der Waals surface area contributed by atoms with E-state index < -0.39 is 0 Å². The van der Waals surface area contributed by atoms with Crippen molar-refractivity contribution >= 4 is 10.8 Å². The number of hydrogen-bond acceptors (Lipinski definition) is 1. The zero-order valence-electron chi connectivity index (χ0n) is 18.1. The van der Waals surface area contributed by atoms with Crippen LogP contribution in [-0.4, -0.2) is 0 Å². The molecule has 0 radical (unpaired) electrons. The van der Waals surface area contributed by atoms with E-state index in [0.29, 0.717) is 0 Å². The van der Waals surface area contributed by atoms with Crippen molar-refractivity contribution in [1.82, 2.24) is 0 Å². The van der Waals surface area contributed by atoms with Gasteiger partial charge in [-0.05, 0) is 50.9 Å². The summed E-state index contributed by atoms with van der Waals surface area (Å²) in [6.45, 7) is 4.69. The normalized spacial score (nSPS) is 14.4. The van der Waals surface area contributed by atoms with Gasteiger partial charge in [0.2, 0.25) is 0 Å². The summed E-state index contributed by atoms with van der Waals surface area (Å²) < 4.78 is 6.64. The van der Waals surface area contributed by atoms with Gasteiger partial charge in [0, 0.05) is 21.9 Å². The molecule has 1 aliphatic heterocycles. The van der Waals surface area contributed by atoms with E-state index in [2.05, 4.69) is 105 Å². The molecule has 5 aromatic carbocycles. The Morgan fingerprint density at radius 3 is 2.06 bits per heavy atom. The molecule has 152 valence electrons. The third-order valence-corrected chi connectivity index (χ3v) is 7.26. The third-order valence-electron chi connectivity index (χ3n) is 7.26. The van der Waals surface area contributed by atoms with Gasteiger partial charge in [-0.3, -0.25) is 0 Å². The van der Waals surface area contributed by atoms with Gasteiger partial charge in [0.15, 0.2) is 0 Å². The van der Waals surface area contributed by atoms with E-state index in [1.54, 1.807) is 0 Å². The lowest BCUT2D eigenvalue weighted by Crippen LogP contribution is -2.16. The maximum Gasteiger partial charge on any atom is 0.143 e. The molecule has 0 N–H and O–H groups in total. The molecular weight excluding hydrogens is 388 g/mol. The Morgan fingerprint density at radius 1 is 0.531 bits per heavy atom. The van der Waals surface area contributed by atoms with E-state index in [4.69, 9.17) is 4.74 Å². The molecule has 0 bridgehead atoms. The maximum atomic E-state index is 6.64. The minimum atomic E-state index is -0.0731. The standard InChI is InChI=1S/C31H22O/c1-31(2)26-15-5-3-10-20(26)23-13-8-14-24(29(23)31)25-18-17-19-9-7-12-22-21-11-4-6-16-27(21)32-30(25)28(19)22/h3-18H,1-2H3. The highest BCUT2D eigenvalue weighted by atomic mass is 16.5. The van der Waals surface area contributed by atoms with Gasteiger partial charge in [-0.2, -0.15) is 0 Å². The molecule has 7 rings (SSSR count). The molecule has 1 heterocycles. The molecular formula is C31H22O. The molecule has 5 aromatic rings. The first-order valence-electron chi connectivity index (χ1n) is 11.2. The summed E-state index contributed by atoms with van der Waals surface area (Å²) in [5.41, 5.74) is 10.2. The number of rotatable bonds is 1. The van der Waals surface area contributed by atoms with Crippen LogP contribution in [0, 0.1) is 0 Å². The molecule has 0 amide bonds. The van der Waals surface area contributed by atoms with Crippen molar-refractivity contribution < 1.29 is 4.74 Å². The minimum Gasteiger partial charge on any atom is -0.455 e. The van der Waals surface area contributed by atoms with Gasteiger partial charge in [0.1, 0.15) is 11.5 Å². The fourth-order valence-corrected chi connectivity index (χ4v) is 5.85. The highest BCUT2D eigenvalue weighted by Crippen LogP contribution is 2.55. The topological polar surface area (TPSA) is 9.23 Å². The molecule has 0 saturated carbocycles. The van der Waals surface area contributed by atoms with Gasteiger partial charge in [0.05, 0.1) is 0 Å². The summed E-state index contributed by atoms with van der Waals surface area (Å²) in [5, 5.41) is 2.42. The SMILES string of the molecule is CC1(C)c2ccccc2-c2cccc(-c3ccc4cccc5c4c3Oc3ccccc3-5)c21. The minimum absolute atomic E-state index is 0.0731. The lowest BCUT2D eigenvalue weighted by molar-refractivity contribution is 0.488. The number of hydrogen-bond donors (Lipinski definition) is 0. The summed E-state index contributed by atoms with van der Waals surface area (Å²) in [7, 11) is 0. The van der Waals surface area contributed by atoms with Crippen LogP contribution in [0.5, 0.6) is 11.5 Å². The summed E-state index contributed by atoms with van der Waals surface area (Å²) in [5.74, 6) is 1.90. The Bertz CT molecular complexity index is 1570. The quantitative estimate of drug-likeness (QED) is 0.264. The second-order valence-corrected chi connectivity index (χ2v) is 9.34. The van der Waals surface area contributed by atoms with Crippen LogP contribution in [0.2, 0.25) is 0 Å². The molecule has 0 atom stereocenters. The lowest BCUT2D eigenvalue weighted by Gasteiger charge is -2.27. The lowest BCUT2D eigenvalue weighted by atomic mass is 9.78. The smallest absolute Gasteiger partial charge is 0.143 e. The number of benzene rings is 5. The van der Waals surface area contributed by atoms with Crippen LogP contribution in [-0.2, 0) is 5.41 Å². The largest absolute Gasteiger partial charge is 0.455 e. The van der Waals surface area contributed by atoms with E-state index in [1.807, 2.05) is 6.07 Å². The summed E-state index contributed by atoms with van der Waals surface area (Å²) in [6, 6.07) is 34.9. The van der Waals surface area contributed by atoms with E-state index in [-0.39, 0.29) is 5.41 Å². The molecule has 0 spiro atoms. The first-order valence-corrected chi connectivity index (χ1v) is 11.2. The highest BCUT2D eigenvalue weighted by Gasteiger charge is 2.38. The van der Waals surface area contributed by atoms with Crippen molar-refractivity contribution in [3.8, 4) is 44.9 Å². The Kier molecular flexibility index (Phi) is 3.40. The summed E-state index contributed by atoms with van der Waals surface area (Å²) in [4.78, 5) is 0. The van der Waals surface area contributed by atoms with Gasteiger partial charge in [-0.1, -0.05) is 98.8 Å². The van der Waals surface area contributed by atoms with Crippen LogP contribution < -0.4 is 4.74 Å². The molecule has 0 saturated heterocycles. The Morgan fingerprint density at radius 2 is 1.19 bits per heavy atom. The maximum absolute atomic E-state index is 6.64. The van der Waals surface area contributed by atoms with Gasteiger partial charge in [-0.25, -0.2) is 0 Å². The van der Waals surface area contributed by atoms with Crippen molar-refractivity contribution in [3.05, 3.63) is 108 Å². The second-order valence-electron chi connectivity index (χ2n) is 9.34. The van der Waals surface area contributed by atoms with Crippen LogP contribution in [0.15, 0.2) is 97.1 Å². The highest BCUT2D eigenvalue weighted by molar-refractivity contribution is 6.08. The van der Waals surface area contributed by atoms with Crippen molar-refractivity contribution in [2.75, 3.05) is 0 Å². The van der Waals surface area contributed by atoms with E-state index in [0.717, 1.165) is 22.6 Å². The summed E-state index contributed by atoms with van der Waals surface area (Å²) in [6.07, 6.45) is 0. The van der Waals surface area contributed by atoms with Crippen LogP contribution in [0.25, 0.3) is 44.2 Å². The number of fused-ring (bicyclic) bond motifs is 5. The average molecular weight is 411 g/mol. The first kappa shape index (κ1) is 17.8. The molecule has 0 fully saturated rings. The van der Waals surface area contributed by atoms with Crippen LogP contribution in [0.4, 0.5) is 0 Å². The molecule has 1 nitrogen and oxygen atoms in total. The predicted molar refractivity (Wildman–Crippen MR) is 132 cm³/mol. The zero-order valence-corrected chi connectivity index (χ0v) is 18.1. The van der Waals surface area contributed by atoms with Crippen molar-refractivity contribution in [1.29, 1.82) is 0 Å². The molecule has 1 heteroatoms. The van der Waals surface area contributed by atoms with Gasteiger partial charge in [0.25, 0.3) is 0 Å². The van der Waals surface area contributed by atoms with Crippen molar-refractivity contribution in [2.24, 2.45) is 0 Å².